The molecule has 2 atom stereocenters. The summed E-state index contributed by atoms with van der Waals surface area (Å²) in [6.07, 6.45) is -0.857. The van der Waals surface area contributed by atoms with E-state index in [1.165, 1.54) is 17.0 Å². The minimum atomic E-state index is -1.04. The number of carboxylic acids is 1. The second-order valence-corrected chi connectivity index (χ2v) is 4.85. The van der Waals surface area contributed by atoms with Gasteiger partial charge in [0.25, 0.3) is 5.91 Å². The van der Waals surface area contributed by atoms with Crippen molar-refractivity contribution in [3.8, 4) is 0 Å². The van der Waals surface area contributed by atoms with Crippen LogP contribution >= 0.6 is 0 Å². The topological polar surface area (TPSA) is 66.8 Å². The molecule has 1 aliphatic rings. The van der Waals surface area contributed by atoms with Crippen LogP contribution in [-0.4, -0.2) is 41.1 Å². The van der Waals surface area contributed by atoms with E-state index in [1.807, 2.05) is 0 Å². The summed E-state index contributed by atoms with van der Waals surface area (Å²) in [5, 5.41) is 8.83. The van der Waals surface area contributed by atoms with Crippen LogP contribution in [-0.2, 0) is 20.9 Å². The summed E-state index contributed by atoms with van der Waals surface area (Å²) in [4.78, 5) is 24.4. The van der Waals surface area contributed by atoms with E-state index in [1.54, 1.807) is 19.2 Å². The van der Waals surface area contributed by atoms with Crippen LogP contribution < -0.4 is 0 Å². The molecule has 0 radical (unpaired) electrons. The highest BCUT2D eigenvalue weighted by Crippen LogP contribution is 2.22. The average Bonchev–Trinajstić information content (AvgIpc) is 2.90. The van der Waals surface area contributed by atoms with E-state index in [9.17, 15) is 14.0 Å². The first-order valence-electron chi connectivity index (χ1n) is 6.35. The number of carbonyl (C=O) groups excluding carboxylic acids is 1. The SMILES string of the molecule is CN(Cc1ccc(F)cc1)C(=O)C1CCC(C(=O)O)O1. The van der Waals surface area contributed by atoms with Crippen molar-refractivity contribution in [1.29, 1.82) is 0 Å². The van der Waals surface area contributed by atoms with Crippen LogP contribution in [0.4, 0.5) is 4.39 Å². The van der Waals surface area contributed by atoms with Crippen LogP contribution in [0.15, 0.2) is 24.3 Å². The molecule has 1 heterocycles. The molecule has 1 N–H and O–H groups in total. The fraction of sp³-hybridized carbons (Fsp3) is 0.429. The summed E-state index contributed by atoms with van der Waals surface area (Å²) in [7, 11) is 1.61. The van der Waals surface area contributed by atoms with Crippen LogP contribution in [0.1, 0.15) is 18.4 Å². The number of aliphatic carboxylic acids is 1. The third kappa shape index (κ3) is 3.33. The summed E-state index contributed by atoms with van der Waals surface area (Å²) in [5.41, 5.74) is 0.801. The number of carboxylic acid groups (broad SMARTS) is 1. The number of hydrogen-bond acceptors (Lipinski definition) is 3. The van der Waals surface area contributed by atoms with Crippen molar-refractivity contribution < 1.29 is 23.8 Å². The number of amides is 1. The van der Waals surface area contributed by atoms with Gasteiger partial charge in [0.1, 0.15) is 11.9 Å². The maximum absolute atomic E-state index is 12.8. The molecule has 1 aliphatic heterocycles. The van der Waals surface area contributed by atoms with Gasteiger partial charge < -0.3 is 14.7 Å². The molecule has 20 heavy (non-hydrogen) atoms. The number of ether oxygens (including phenoxy) is 1. The van der Waals surface area contributed by atoms with E-state index in [0.29, 0.717) is 19.4 Å². The van der Waals surface area contributed by atoms with Crippen molar-refractivity contribution >= 4 is 11.9 Å². The molecule has 5 nitrogen and oxygen atoms in total. The molecular weight excluding hydrogens is 265 g/mol. The molecule has 0 aromatic heterocycles. The Kier molecular flexibility index (Phi) is 4.34. The summed E-state index contributed by atoms with van der Waals surface area (Å²) >= 11 is 0. The zero-order valence-corrected chi connectivity index (χ0v) is 11.1. The Labute approximate surface area is 116 Å². The van der Waals surface area contributed by atoms with Gasteiger partial charge in [-0.1, -0.05) is 12.1 Å². The van der Waals surface area contributed by atoms with Crippen molar-refractivity contribution in [1.82, 2.24) is 4.90 Å². The van der Waals surface area contributed by atoms with E-state index in [-0.39, 0.29) is 11.7 Å². The van der Waals surface area contributed by atoms with Gasteiger partial charge in [-0.3, -0.25) is 4.79 Å². The molecule has 1 aromatic carbocycles. The van der Waals surface area contributed by atoms with Gasteiger partial charge >= 0.3 is 5.97 Å². The third-order valence-corrected chi connectivity index (χ3v) is 3.28. The van der Waals surface area contributed by atoms with Crippen LogP contribution in [0.3, 0.4) is 0 Å². The zero-order chi connectivity index (χ0) is 14.7. The molecular formula is C14H16FNO4. The van der Waals surface area contributed by atoms with E-state index in [2.05, 4.69) is 0 Å². The lowest BCUT2D eigenvalue weighted by Crippen LogP contribution is -2.36. The monoisotopic (exact) mass is 281 g/mol. The second kappa shape index (κ2) is 6.00. The van der Waals surface area contributed by atoms with Gasteiger partial charge in [0.05, 0.1) is 0 Å². The molecule has 6 heteroatoms. The molecule has 1 aromatic rings. The van der Waals surface area contributed by atoms with Gasteiger partial charge in [-0.2, -0.15) is 0 Å². The van der Waals surface area contributed by atoms with Gasteiger partial charge in [0, 0.05) is 13.6 Å². The van der Waals surface area contributed by atoms with Crippen LogP contribution in [0, 0.1) is 5.82 Å². The Morgan fingerprint density at radius 2 is 1.90 bits per heavy atom. The Hall–Kier alpha value is -1.95. The van der Waals surface area contributed by atoms with Gasteiger partial charge in [-0.25, -0.2) is 9.18 Å². The van der Waals surface area contributed by atoms with Gasteiger partial charge in [-0.05, 0) is 30.5 Å². The van der Waals surface area contributed by atoms with Crippen molar-refractivity contribution in [3.05, 3.63) is 35.6 Å². The number of carbonyl (C=O) groups is 2. The number of nitrogens with zero attached hydrogens (tertiary/aromatic N) is 1. The molecule has 1 amide bonds. The molecule has 0 spiro atoms. The number of likely N-dealkylation sites (N-methyl/N-ethyl adjacent to an activating group) is 1. The van der Waals surface area contributed by atoms with Gasteiger partial charge in [0.2, 0.25) is 0 Å². The normalized spacial score (nSPS) is 21.7. The number of benzene rings is 1. The standard InChI is InChI=1S/C14H16FNO4/c1-16(8-9-2-4-10(15)5-3-9)13(17)11-6-7-12(20-11)14(18)19/h2-5,11-12H,6-8H2,1H3,(H,18,19). The van der Waals surface area contributed by atoms with Crippen molar-refractivity contribution in [2.75, 3.05) is 7.05 Å². The Balaban J connectivity index is 1.92. The Morgan fingerprint density at radius 1 is 1.30 bits per heavy atom. The largest absolute Gasteiger partial charge is 0.479 e. The van der Waals surface area contributed by atoms with Crippen LogP contribution in [0.25, 0.3) is 0 Å². The van der Waals surface area contributed by atoms with E-state index in [4.69, 9.17) is 9.84 Å². The first-order valence-corrected chi connectivity index (χ1v) is 6.35. The molecule has 108 valence electrons. The number of halogens is 1. The first-order chi connectivity index (χ1) is 9.47. The predicted molar refractivity (Wildman–Crippen MR) is 68.4 cm³/mol. The second-order valence-electron chi connectivity index (χ2n) is 4.85. The quantitative estimate of drug-likeness (QED) is 0.906. The van der Waals surface area contributed by atoms with Crippen molar-refractivity contribution in [3.63, 3.8) is 0 Å². The first kappa shape index (κ1) is 14.5. The Bertz CT molecular complexity index is 502. The van der Waals surface area contributed by atoms with Crippen molar-refractivity contribution in [2.45, 2.75) is 31.6 Å². The number of hydrogen-bond donors (Lipinski definition) is 1. The van der Waals surface area contributed by atoms with Gasteiger partial charge in [0.15, 0.2) is 6.10 Å². The summed E-state index contributed by atoms with van der Waals surface area (Å²) in [6.45, 7) is 0.330. The van der Waals surface area contributed by atoms with Gasteiger partial charge in [-0.15, -0.1) is 0 Å². The predicted octanol–water partition coefficient (Wildman–Crippen LogP) is 1.42. The number of rotatable bonds is 4. The summed E-state index contributed by atoms with van der Waals surface area (Å²) in [6, 6.07) is 5.88. The van der Waals surface area contributed by atoms with Crippen LogP contribution in [0.2, 0.25) is 0 Å². The lowest BCUT2D eigenvalue weighted by molar-refractivity contribution is -0.154. The molecule has 2 rings (SSSR count). The fourth-order valence-electron chi connectivity index (χ4n) is 2.19. The minimum absolute atomic E-state index is 0.252. The summed E-state index contributed by atoms with van der Waals surface area (Å²) < 4.78 is 18.0. The smallest absolute Gasteiger partial charge is 0.332 e. The Morgan fingerprint density at radius 3 is 2.45 bits per heavy atom. The maximum Gasteiger partial charge on any atom is 0.332 e. The lowest BCUT2D eigenvalue weighted by atomic mass is 10.1. The molecule has 1 saturated heterocycles. The fourth-order valence-corrected chi connectivity index (χ4v) is 2.19. The zero-order valence-electron chi connectivity index (χ0n) is 11.1. The highest BCUT2D eigenvalue weighted by Gasteiger charge is 2.35. The minimum Gasteiger partial charge on any atom is -0.479 e. The van der Waals surface area contributed by atoms with E-state index in [0.717, 1.165) is 5.56 Å². The maximum atomic E-state index is 12.8. The van der Waals surface area contributed by atoms with E-state index < -0.39 is 18.2 Å². The van der Waals surface area contributed by atoms with Crippen molar-refractivity contribution in [2.24, 2.45) is 0 Å². The third-order valence-electron chi connectivity index (χ3n) is 3.28. The van der Waals surface area contributed by atoms with Crippen LogP contribution in [0.5, 0.6) is 0 Å². The summed E-state index contributed by atoms with van der Waals surface area (Å²) in [5.74, 6) is -1.62. The molecule has 1 fully saturated rings. The van der Waals surface area contributed by atoms with E-state index >= 15 is 0 Å². The lowest BCUT2D eigenvalue weighted by Gasteiger charge is -2.21. The molecule has 2 unspecified atom stereocenters. The highest BCUT2D eigenvalue weighted by molar-refractivity contribution is 5.82. The molecule has 0 saturated carbocycles. The molecule has 0 aliphatic carbocycles. The average molecular weight is 281 g/mol. The molecule has 0 bridgehead atoms. The highest BCUT2D eigenvalue weighted by atomic mass is 19.1.